The van der Waals surface area contributed by atoms with Gasteiger partial charge in [0.15, 0.2) is 5.78 Å². The molecule has 19 heavy (non-hydrogen) atoms. The molecule has 0 fully saturated rings. The van der Waals surface area contributed by atoms with Crippen molar-refractivity contribution >= 4 is 35.1 Å². The summed E-state index contributed by atoms with van der Waals surface area (Å²) in [5.41, 5.74) is 1.26. The van der Waals surface area contributed by atoms with Crippen LogP contribution in [0.1, 0.15) is 22.8 Å². The highest BCUT2D eigenvalue weighted by molar-refractivity contribution is 7.99. The van der Waals surface area contributed by atoms with Crippen LogP contribution in [0.2, 0.25) is 5.02 Å². The quantitative estimate of drug-likeness (QED) is 0.476. The van der Waals surface area contributed by atoms with Gasteiger partial charge in [-0.1, -0.05) is 30.2 Å². The molecule has 0 unspecified atom stereocenters. The monoisotopic (exact) mass is 295 g/mol. The fourth-order valence-corrected chi connectivity index (χ4v) is 2.12. The molecule has 1 amide bonds. The van der Waals surface area contributed by atoms with Gasteiger partial charge in [-0.05, 0) is 24.8 Å². The summed E-state index contributed by atoms with van der Waals surface area (Å²) in [4.78, 5) is 24.2. The van der Waals surface area contributed by atoms with Crippen molar-refractivity contribution in [2.24, 2.45) is 0 Å². The van der Waals surface area contributed by atoms with E-state index in [1.165, 1.54) is 23.6 Å². The maximum absolute atomic E-state index is 11.7. The maximum atomic E-state index is 11.7. The van der Waals surface area contributed by atoms with E-state index in [1.54, 1.807) is 18.2 Å². The lowest BCUT2D eigenvalue weighted by Gasteiger charge is -2.16. The lowest BCUT2D eigenvalue weighted by atomic mass is 10.1. The van der Waals surface area contributed by atoms with E-state index in [0.717, 1.165) is 5.56 Å². The van der Waals surface area contributed by atoms with Crippen molar-refractivity contribution in [1.29, 1.82) is 0 Å². The fraction of sp³-hybridized carbons (Fsp3) is 0.286. The highest BCUT2D eigenvalue weighted by Crippen LogP contribution is 2.20. The number of carbonyl (C=O) groups is 2. The molecule has 0 aliphatic heterocycles. The molecule has 1 aromatic carbocycles. The Morgan fingerprint density at radius 3 is 2.63 bits per heavy atom. The SMILES string of the molecule is C#CN(Cc1ccc(C(C)=O)cc1Cl)C(=O)CSC. The number of nitrogens with zero attached hydrogens (tertiary/aromatic N) is 1. The summed E-state index contributed by atoms with van der Waals surface area (Å²) < 4.78 is 0. The topological polar surface area (TPSA) is 37.4 Å². The third kappa shape index (κ3) is 4.30. The first-order valence-corrected chi connectivity index (χ1v) is 7.31. The van der Waals surface area contributed by atoms with Crippen molar-refractivity contribution in [3.05, 3.63) is 34.3 Å². The molecule has 0 saturated heterocycles. The van der Waals surface area contributed by atoms with Crippen LogP contribution in [0.5, 0.6) is 0 Å². The molecule has 100 valence electrons. The van der Waals surface area contributed by atoms with Crippen LogP contribution >= 0.6 is 23.4 Å². The number of Topliss-reactive ketones (excluding diaryl/α,β-unsaturated/α-hetero) is 1. The lowest BCUT2D eigenvalue weighted by Crippen LogP contribution is -2.27. The number of benzene rings is 1. The molecule has 0 bridgehead atoms. The van der Waals surface area contributed by atoms with Crippen LogP contribution in [0.25, 0.3) is 0 Å². The van der Waals surface area contributed by atoms with Crippen LogP contribution in [0, 0.1) is 12.5 Å². The Morgan fingerprint density at radius 1 is 1.47 bits per heavy atom. The molecule has 0 aromatic heterocycles. The van der Waals surface area contributed by atoms with Gasteiger partial charge in [0.1, 0.15) is 0 Å². The van der Waals surface area contributed by atoms with Crippen molar-refractivity contribution < 1.29 is 9.59 Å². The molecule has 5 heteroatoms. The Labute approximate surface area is 122 Å². The average Bonchev–Trinajstić information content (AvgIpc) is 2.37. The molecular weight excluding hydrogens is 282 g/mol. The third-order valence-corrected chi connectivity index (χ3v) is 3.40. The zero-order valence-electron chi connectivity index (χ0n) is 10.8. The molecule has 1 rings (SSSR count). The van der Waals surface area contributed by atoms with Crippen LogP contribution in [-0.2, 0) is 11.3 Å². The molecular formula is C14H14ClNO2S. The van der Waals surface area contributed by atoms with Crippen molar-refractivity contribution in [2.45, 2.75) is 13.5 Å². The number of hydrogen-bond donors (Lipinski definition) is 0. The molecule has 0 aliphatic rings. The van der Waals surface area contributed by atoms with Gasteiger partial charge in [-0.15, -0.1) is 0 Å². The second-order valence-electron chi connectivity index (χ2n) is 3.90. The molecule has 0 aliphatic carbocycles. The van der Waals surface area contributed by atoms with Gasteiger partial charge in [0.05, 0.1) is 12.3 Å². The van der Waals surface area contributed by atoms with Crippen LogP contribution in [0.15, 0.2) is 18.2 Å². The molecule has 0 heterocycles. The third-order valence-electron chi connectivity index (χ3n) is 2.51. The Balaban J connectivity index is 2.90. The largest absolute Gasteiger partial charge is 0.295 e. The molecule has 3 nitrogen and oxygen atoms in total. The number of rotatable bonds is 5. The fourth-order valence-electron chi connectivity index (χ4n) is 1.47. The summed E-state index contributed by atoms with van der Waals surface area (Å²) in [7, 11) is 0. The van der Waals surface area contributed by atoms with E-state index in [2.05, 4.69) is 6.04 Å². The van der Waals surface area contributed by atoms with Crippen molar-refractivity contribution in [2.75, 3.05) is 12.0 Å². The normalized spacial score (nSPS) is 9.79. The Bertz CT molecular complexity index is 537. The molecule has 0 radical (unpaired) electrons. The van der Waals surface area contributed by atoms with Crippen LogP contribution in [-0.4, -0.2) is 28.6 Å². The molecule has 0 saturated carbocycles. The van der Waals surface area contributed by atoms with E-state index in [9.17, 15) is 9.59 Å². The van der Waals surface area contributed by atoms with Crippen LogP contribution in [0.3, 0.4) is 0 Å². The number of amides is 1. The van der Waals surface area contributed by atoms with Gasteiger partial charge in [0.25, 0.3) is 0 Å². The summed E-state index contributed by atoms with van der Waals surface area (Å²) in [5, 5.41) is 0.435. The molecule has 0 spiro atoms. The highest BCUT2D eigenvalue weighted by atomic mass is 35.5. The van der Waals surface area contributed by atoms with E-state index in [-0.39, 0.29) is 18.2 Å². The summed E-state index contributed by atoms with van der Waals surface area (Å²) in [6.07, 6.45) is 7.16. The van der Waals surface area contributed by atoms with E-state index in [1.807, 2.05) is 6.26 Å². The number of halogens is 1. The Morgan fingerprint density at radius 2 is 2.16 bits per heavy atom. The minimum absolute atomic E-state index is 0.0549. The average molecular weight is 296 g/mol. The number of terminal acetylenes is 1. The zero-order valence-corrected chi connectivity index (χ0v) is 12.3. The number of carbonyl (C=O) groups excluding carboxylic acids is 2. The van der Waals surface area contributed by atoms with Gasteiger partial charge in [0.2, 0.25) is 5.91 Å². The number of hydrogen-bond acceptors (Lipinski definition) is 3. The standard InChI is InChI=1S/C14H14ClNO2S/c1-4-16(14(18)9-19-3)8-12-6-5-11(10(2)17)7-13(12)15/h1,5-7H,8-9H2,2-3H3. The second-order valence-corrected chi connectivity index (χ2v) is 5.18. The smallest absolute Gasteiger partial charge is 0.244 e. The zero-order chi connectivity index (χ0) is 14.4. The van der Waals surface area contributed by atoms with Crippen LogP contribution in [0.4, 0.5) is 0 Å². The van der Waals surface area contributed by atoms with Gasteiger partial charge < -0.3 is 0 Å². The predicted octanol–water partition coefficient (Wildman–Crippen LogP) is 2.82. The molecule has 0 N–H and O–H groups in total. The highest BCUT2D eigenvalue weighted by Gasteiger charge is 2.13. The van der Waals surface area contributed by atoms with Gasteiger partial charge in [-0.3, -0.25) is 14.5 Å². The lowest BCUT2D eigenvalue weighted by molar-refractivity contribution is -0.125. The van der Waals surface area contributed by atoms with Gasteiger partial charge in [-0.25, -0.2) is 0 Å². The summed E-state index contributed by atoms with van der Waals surface area (Å²) in [6.45, 7) is 1.72. The summed E-state index contributed by atoms with van der Waals surface area (Å²) >= 11 is 7.50. The predicted molar refractivity (Wildman–Crippen MR) is 79.2 cm³/mol. The Hall–Kier alpha value is -1.44. The number of thioether (sulfide) groups is 1. The van der Waals surface area contributed by atoms with Crippen molar-refractivity contribution in [3.8, 4) is 12.5 Å². The first-order valence-electron chi connectivity index (χ1n) is 5.54. The van der Waals surface area contributed by atoms with Gasteiger partial charge in [0, 0.05) is 16.6 Å². The maximum Gasteiger partial charge on any atom is 0.244 e. The van der Waals surface area contributed by atoms with Crippen LogP contribution < -0.4 is 0 Å². The number of ketones is 1. The van der Waals surface area contributed by atoms with Gasteiger partial charge >= 0.3 is 0 Å². The molecule has 1 aromatic rings. The first-order chi connectivity index (χ1) is 8.99. The minimum atomic E-state index is -0.137. The van der Waals surface area contributed by atoms with E-state index in [4.69, 9.17) is 18.0 Å². The first kappa shape index (κ1) is 15.6. The Kier molecular flexibility index (Phi) is 5.94. The second kappa shape index (κ2) is 7.22. The van der Waals surface area contributed by atoms with Crippen molar-refractivity contribution in [3.63, 3.8) is 0 Å². The van der Waals surface area contributed by atoms with E-state index in [0.29, 0.717) is 16.3 Å². The van der Waals surface area contributed by atoms with Gasteiger partial charge in [-0.2, -0.15) is 11.8 Å². The van der Waals surface area contributed by atoms with E-state index < -0.39 is 0 Å². The summed E-state index contributed by atoms with van der Waals surface area (Å²) in [6, 6.07) is 7.33. The summed E-state index contributed by atoms with van der Waals surface area (Å²) in [5.74, 6) is 0.135. The molecule has 0 atom stereocenters. The van der Waals surface area contributed by atoms with E-state index >= 15 is 0 Å². The minimum Gasteiger partial charge on any atom is -0.295 e. The van der Waals surface area contributed by atoms with Crippen molar-refractivity contribution in [1.82, 2.24) is 4.90 Å².